The van der Waals surface area contributed by atoms with Crippen molar-refractivity contribution in [1.82, 2.24) is 0 Å². The molecule has 0 spiro atoms. The third-order valence-electron chi connectivity index (χ3n) is 6.80. The molecule has 2 N–H and O–H groups in total. The van der Waals surface area contributed by atoms with Crippen molar-refractivity contribution in [1.29, 1.82) is 0 Å². The molecule has 0 aromatic heterocycles. The summed E-state index contributed by atoms with van der Waals surface area (Å²) in [7, 11) is 1.35. The van der Waals surface area contributed by atoms with Gasteiger partial charge in [0.1, 0.15) is 5.78 Å². The largest absolute Gasteiger partial charge is 0.465 e. The summed E-state index contributed by atoms with van der Waals surface area (Å²) in [5, 5.41) is 20.7. The molecule has 2 saturated carbocycles. The fourth-order valence-electron chi connectivity index (χ4n) is 4.52. The van der Waals surface area contributed by atoms with Gasteiger partial charge in [-0.05, 0) is 48.8 Å². The first-order chi connectivity index (χ1) is 14.4. The minimum absolute atomic E-state index is 0.0545. The van der Waals surface area contributed by atoms with Crippen LogP contribution in [0.25, 0.3) is 0 Å². The number of benzene rings is 1. The summed E-state index contributed by atoms with van der Waals surface area (Å²) in [6, 6.07) is 7.16. The number of ketones is 1. The molecule has 30 heavy (non-hydrogen) atoms. The summed E-state index contributed by atoms with van der Waals surface area (Å²) in [6.07, 6.45) is 7.92. The fraction of sp³-hybridized carbons (Fsp3) is 0.583. The first kappa shape index (κ1) is 23.0. The van der Waals surface area contributed by atoms with Crippen LogP contribution in [0.3, 0.4) is 0 Å². The number of aliphatic hydroxyl groups excluding tert-OH is 2. The average molecular weight is 433 g/mol. The molecule has 3 rings (SSSR count). The van der Waals surface area contributed by atoms with Gasteiger partial charge in [0.2, 0.25) is 0 Å². The summed E-state index contributed by atoms with van der Waals surface area (Å²) < 4.78 is 4.71. The van der Waals surface area contributed by atoms with Gasteiger partial charge in [-0.25, -0.2) is 4.79 Å². The molecule has 164 valence electrons. The Balaban J connectivity index is 1.57. The Bertz CT molecular complexity index is 763. The molecule has 0 saturated heterocycles. The number of esters is 1. The Hall–Kier alpha value is -1.63. The van der Waals surface area contributed by atoms with Crippen molar-refractivity contribution in [3.05, 3.63) is 47.5 Å². The molecule has 1 aromatic rings. The number of carbonyl (C=O) groups excluding carboxylic acids is 2. The van der Waals surface area contributed by atoms with E-state index < -0.39 is 6.10 Å². The number of hydrogen-bond acceptors (Lipinski definition) is 6. The van der Waals surface area contributed by atoms with Crippen molar-refractivity contribution in [2.75, 3.05) is 7.11 Å². The normalized spacial score (nSPS) is 26.5. The van der Waals surface area contributed by atoms with Crippen LogP contribution in [0, 0.1) is 11.3 Å². The predicted octanol–water partition coefficient (Wildman–Crippen LogP) is 3.91. The molecule has 2 aliphatic rings. The van der Waals surface area contributed by atoms with Crippen molar-refractivity contribution in [3.8, 4) is 0 Å². The molecule has 0 aliphatic heterocycles. The van der Waals surface area contributed by atoms with Crippen molar-refractivity contribution in [2.45, 2.75) is 68.7 Å². The molecule has 0 radical (unpaired) electrons. The van der Waals surface area contributed by atoms with E-state index in [9.17, 15) is 19.8 Å². The van der Waals surface area contributed by atoms with Crippen LogP contribution in [-0.4, -0.2) is 46.5 Å². The van der Waals surface area contributed by atoms with Crippen LogP contribution in [0.5, 0.6) is 0 Å². The zero-order chi connectivity index (χ0) is 21.7. The lowest BCUT2D eigenvalue weighted by Crippen LogP contribution is -2.40. The molecule has 0 amide bonds. The highest BCUT2D eigenvalue weighted by atomic mass is 32.2. The SMILES string of the molecule is CCC1(C(O)C/C=C/[C@H]2C(O)CC(=O)C2SCc2ccc(C(=O)OC)cc2)CCC1. The summed E-state index contributed by atoms with van der Waals surface area (Å²) >= 11 is 1.52. The van der Waals surface area contributed by atoms with Crippen molar-refractivity contribution in [2.24, 2.45) is 11.3 Å². The second-order valence-corrected chi connectivity index (χ2v) is 9.61. The van der Waals surface area contributed by atoms with E-state index in [1.54, 1.807) is 12.1 Å². The monoisotopic (exact) mass is 432 g/mol. The topological polar surface area (TPSA) is 83.8 Å². The highest BCUT2D eigenvalue weighted by Gasteiger charge is 2.42. The Morgan fingerprint density at radius 1 is 1.33 bits per heavy atom. The van der Waals surface area contributed by atoms with Gasteiger partial charge < -0.3 is 14.9 Å². The number of ether oxygens (including phenoxy) is 1. The average Bonchev–Trinajstić information content (AvgIpc) is 2.98. The molecular formula is C24H32O5S. The number of carbonyl (C=O) groups is 2. The van der Waals surface area contributed by atoms with Crippen LogP contribution in [0.2, 0.25) is 0 Å². The van der Waals surface area contributed by atoms with Gasteiger partial charge in [-0.2, -0.15) is 0 Å². The molecule has 1 aromatic carbocycles. The van der Waals surface area contributed by atoms with Crippen LogP contribution in [0.4, 0.5) is 0 Å². The first-order valence-electron chi connectivity index (χ1n) is 10.7. The third kappa shape index (κ3) is 4.98. The van der Waals surface area contributed by atoms with Crippen LogP contribution < -0.4 is 0 Å². The van der Waals surface area contributed by atoms with Gasteiger partial charge >= 0.3 is 5.97 Å². The van der Waals surface area contributed by atoms with Crippen molar-refractivity contribution < 1.29 is 24.5 Å². The van der Waals surface area contributed by atoms with Crippen LogP contribution in [-0.2, 0) is 15.3 Å². The highest BCUT2D eigenvalue weighted by Crippen LogP contribution is 2.47. The van der Waals surface area contributed by atoms with Gasteiger partial charge in [-0.1, -0.05) is 37.6 Å². The number of rotatable bonds is 9. The van der Waals surface area contributed by atoms with E-state index in [1.807, 2.05) is 24.3 Å². The lowest BCUT2D eigenvalue weighted by atomic mass is 9.63. The van der Waals surface area contributed by atoms with E-state index >= 15 is 0 Å². The zero-order valence-electron chi connectivity index (χ0n) is 17.8. The highest BCUT2D eigenvalue weighted by molar-refractivity contribution is 7.99. The number of methoxy groups -OCH3 is 1. The molecule has 2 aliphatic carbocycles. The smallest absolute Gasteiger partial charge is 0.337 e. The Labute approximate surface area is 182 Å². The second kappa shape index (κ2) is 10.1. The summed E-state index contributed by atoms with van der Waals surface area (Å²) in [5.74, 6) is 0.0830. The quantitative estimate of drug-likeness (QED) is 0.455. The van der Waals surface area contributed by atoms with Gasteiger partial charge in [0.25, 0.3) is 0 Å². The van der Waals surface area contributed by atoms with Gasteiger partial charge in [0.15, 0.2) is 0 Å². The maximum atomic E-state index is 12.4. The molecular weight excluding hydrogens is 400 g/mol. The summed E-state index contributed by atoms with van der Waals surface area (Å²) in [4.78, 5) is 24.0. The maximum Gasteiger partial charge on any atom is 0.337 e. The van der Waals surface area contributed by atoms with Crippen LogP contribution in [0.15, 0.2) is 36.4 Å². The van der Waals surface area contributed by atoms with Gasteiger partial charge in [-0.3, -0.25) is 4.79 Å². The number of hydrogen-bond donors (Lipinski definition) is 2. The lowest BCUT2D eigenvalue weighted by Gasteiger charge is -2.45. The predicted molar refractivity (Wildman–Crippen MR) is 118 cm³/mol. The summed E-state index contributed by atoms with van der Waals surface area (Å²) in [6.45, 7) is 2.13. The maximum absolute atomic E-state index is 12.4. The molecule has 0 heterocycles. The van der Waals surface area contributed by atoms with Crippen molar-refractivity contribution >= 4 is 23.5 Å². The Morgan fingerprint density at radius 3 is 2.60 bits per heavy atom. The van der Waals surface area contributed by atoms with E-state index in [0.717, 1.165) is 24.8 Å². The van der Waals surface area contributed by atoms with E-state index in [0.29, 0.717) is 17.7 Å². The minimum Gasteiger partial charge on any atom is -0.465 e. The molecule has 4 atom stereocenters. The molecule has 5 nitrogen and oxygen atoms in total. The Kier molecular flexibility index (Phi) is 7.77. The first-order valence-corrected chi connectivity index (χ1v) is 11.8. The second-order valence-electron chi connectivity index (χ2n) is 8.48. The van der Waals surface area contributed by atoms with Crippen LogP contribution >= 0.6 is 11.8 Å². The fourth-order valence-corrected chi connectivity index (χ4v) is 5.86. The number of thioether (sulfide) groups is 1. The van der Waals surface area contributed by atoms with Gasteiger partial charge in [0, 0.05) is 18.1 Å². The number of Topliss-reactive ketones (excluding diaryl/α,β-unsaturated/α-hetero) is 1. The lowest BCUT2D eigenvalue weighted by molar-refractivity contribution is -0.117. The van der Waals surface area contributed by atoms with E-state index in [-0.39, 0.29) is 40.9 Å². The zero-order valence-corrected chi connectivity index (χ0v) is 18.6. The summed E-state index contributed by atoms with van der Waals surface area (Å²) in [5.41, 5.74) is 1.56. The standard InChI is InChI=1S/C24H32O5S/c1-3-24(12-5-13-24)21(27)7-4-6-18-19(25)14-20(26)22(18)30-15-16-8-10-17(11-9-16)23(28)29-2/h4,6,8-11,18-19,21-22,25,27H,3,5,7,12-15H2,1-2H3/b6-4+/t18-,19?,21?,22?/m0/s1. The third-order valence-corrected chi connectivity index (χ3v) is 8.24. The number of aliphatic hydroxyl groups is 2. The minimum atomic E-state index is -0.672. The molecule has 3 unspecified atom stereocenters. The molecule has 2 fully saturated rings. The Morgan fingerprint density at radius 2 is 2.03 bits per heavy atom. The van der Waals surface area contributed by atoms with E-state index in [1.165, 1.54) is 25.3 Å². The van der Waals surface area contributed by atoms with Gasteiger partial charge in [-0.15, -0.1) is 11.8 Å². The van der Waals surface area contributed by atoms with E-state index in [4.69, 9.17) is 4.74 Å². The van der Waals surface area contributed by atoms with E-state index in [2.05, 4.69) is 6.92 Å². The molecule has 6 heteroatoms. The van der Waals surface area contributed by atoms with Crippen molar-refractivity contribution in [3.63, 3.8) is 0 Å². The molecule has 0 bridgehead atoms. The van der Waals surface area contributed by atoms with Crippen LogP contribution in [0.1, 0.15) is 61.4 Å². The van der Waals surface area contributed by atoms with Gasteiger partial charge in [0.05, 0.1) is 30.1 Å².